The molecule has 19 heavy (non-hydrogen) atoms. The van der Waals surface area contributed by atoms with Crippen LogP contribution in [-0.2, 0) is 5.33 Å². The molecule has 0 aromatic heterocycles. The van der Waals surface area contributed by atoms with Crippen molar-refractivity contribution in [1.29, 1.82) is 0 Å². The Labute approximate surface area is 123 Å². The van der Waals surface area contributed by atoms with Crippen LogP contribution in [0.15, 0.2) is 18.2 Å². The number of alkyl halides is 1. The molecule has 1 unspecified atom stereocenters. The topological polar surface area (TPSA) is 46.4 Å². The van der Waals surface area contributed by atoms with Gasteiger partial charge in [0.05, 0.1) is 4.92 Å². The lowest BCUT2D eigenvalue weighted by molar-refractivity contribution is -0.384. The number of halogens is 1. The Bertz CT molecular complexity index is 437. The number of hydrogen-bond acceptors (Lipinski definition) is 3. The molecule has 1 rings (SSSR count). The molecule has 0 aliphatic carbocycles. The van der Waals surface area contributed by atoms with E-state index in [1.807, 2.05) is 19.1 Å². The third-order valence-corrected chi connectivity index (χ3v) is 3.99. The van der Waals surface area contributed by atoms with Crippen molar-refractivity contribution in [2.45, 2.75) is 32.5 Å². The first-order valence-electron chi connectivity index (χ1n) is 6.61. The first kappa shape index (κ1) is 16.0. The van der Waals surface area contributed by atoms with Crippen LogP contribution in [0.5, 0.6) is 0 Å². The number of nitro benzene ring substituents is 1. The Morgan fingerprint density at radius 3 is 2.58 bits per heavy atom. The van der Waals surface area contributed by atoms with Crippen LogP contribution in [0.2, 0.25) is 0 Å². The van der Waals surface area contributed by atoms with E-state index in [-0.39, 0.29) is 10.6 Å². The quantitative estimate of drug-likeness (QED) is 0.424. The van der Waals surface area contributed by atoms with Crippen molar-refractivity contribution in [3.8, 4) is 0 Å². The van der Waals surface area contributed by atoms with Gasteiger partial charge in [-0.1, -0.05) is 42.3 Å². The fraction of sp³-hybridized carbons (Fsp3) is 0.571. The molecule has 5 heteroatoms. The smallest absolute Gasteiger partial charge is 0.292 e. The molecule has 0 fully saturated rings. The average Bonchev–Trinajstić information content (AvgIpc) is 2.43. The molecule has 0 aliphatic heterocycles. The number of nitro groups is 1. The largest absolute Gasteiger partial charge is 0.366 e. The van der Waals surface area contributed by atoms with Crippen molar-refractivity contribution in [3.63, 3.8) is 0 Å². The molecule has 0 heterocycles. The minimum absolute atomic E-state index is 0.196. The molecule has 0 N–H and O–H groups in total. The minimum Gasteiger partial charge on any atom is -0.366 e. The zero-order chi connectivity index (χ0) is 14.4. The summed E-state index contributed by atoms with van der Waals surface area (Å²) in [5.74, 6) is 0.524. The van der Waals surface area contributed by atoms with Gasteiger partial charge in [0.15, 0.2) is 0 Å². The predicted octanol–water partition coefficient (Wildman–Crippen LogP) is 4.36. The Morgan fingerprint density at radius 1 is 1.42 bits per heavy atom. The fourth-order valence-corrected chi connectivity index (χ4v) is 2.32. The van der Waals surface area contributed by atoms with E-state index >= 15 is 0 Å². The number of nitrogens with zero attached hydrogens (tertiary/aromatic N) is 2. The molecular weight excluding hydrogens is 308 g/mol. The molecule has 4 nitrogen and oxygen atoms in total. The maximum atomic E-state index is 11.2. The van der Waals surface area contributed by atoms with Crippen molar-refractivity contribution in [3.05, 3.63) is 33.9 Å². The monoisotopic (exact) mass is 328 g/mol. The average molecular weight is 329 g/mol. The second-order valence-corrected chi connectivity index (χ2v) is 5.33. The van der Waals surface area contributed by atoms with Gasteiger partial charge in [-0.3, -0.25) is 10.1 Å². The van der Waals surface area contributed by atoms with Crippen LogP contribution in [0.25, 0.3) is 0 Å². The van der Waals surface area contributed by atoms with E-state index in [0.29, 0.717) is 11.2 Å². The Hall–Kier alpha value is -1.10. The summed E-state index contributed by atoms with van der Waals surface area (Å²) in [5.41, 5.74) is 1.84. The second kappa shape index (κ2) is 7.48. The van der Waals surface area contributed by atoms with Gasteiger partial charge in [0, 0.05) is 24.5 Å². The highest BCUT2D eigenvalue weighted by Gasteiger charge is 2.20. The first-order chi connectivity index (χ1) is 9.03. The van der Waals surface area contributed by atoms with E-state index < -0.39 is 0 Å². The third kappa shape index (κ3) is 4.20. The maximum Gasteiger partial charge on any atom is 0.292 e. The van der Waals surface area contributed by atoms with Gasteiger partial charge in [-0.05, 0) is 24.5 Å². The normalized spacial score (nSPS) is 12.2. The van der Waals surface area contributed by atoms with Crippen molar-refractivity contribution in [2.75, 3.05) is 18.0 Å². The van der Waals surface area contributed by atoms with Crippen LogP contribution in [-0.4, -0.2) is 18.0 Å². The van der Waals surface area contributed by atoms with Crippen LogP contribution in [0.1, 0.15) is 32.8 Å². The molecule has 0 radical (unpaired) electrons. The Morgan fingerprint density at radius 2 is 2.11 bits per heavy atom. The first-order valence-corrected chi connectivity index (χ1v) is 7.73. The van der Waals surface area contributed by atoms with E-state index in [0.717, 1.165) is 30.8 Å². The van der Waals surface area contributed by atoms with Gasteiger partial charge in [-0.2, -0.15) is 0 Å². The highest BCUT2D eigenvalue weighted by Crippen LogP contribution is 2.30. The van der Waals surface area contributed by atoms with Gasteiger partial charge >= 0.3 is 0 Å². The highest BCUT2D eigenvalue weighted by atomic mass is 79.9. The van der Waals surface area contributed by atoms with Crippen LogP contribution < -0.4 is 4.90 Å². The summed E-state index contributed by atoms with van der Waals surface area (Å²) in [7, 11) is 0. The molecule has 0 saturated carbocycles. The summed E-state index contributed by atoms with van der Waals surface area (Å²) in [6, 6.07) is 5.46. The molecular formula is C14H21BrN2O2. The molecule has 1 aromatic carbocycles. The molecule has 0 amide bonds. The van der Waals surface area contributed by atoms with Crippen LogP contribution in [0.3, 0.4) is 0 Å². The predicted molar refractivity (Wildman–Crippen MR) is 83.1 cm³/mol. The molecule has 0 saturated heterocycles. The number of hydrogen-bond donors (Lipinski definition) is 0. The number of benzene rings is 1. The lowest BCUT2D eigenvalue weighted by Crippen LogP contribution is -2.28. The third-order valence-electron chi connectivity index (χ3n) is 3.34. The van der Waals surface area contributed by atoms with E-state index in [4.69, 9.17) is 0 Å². The molecule has 1 atom stereocenters. The van der Waals surface area contributed by atoms with Crippen molar-refractivity contribution in [2.24, 2.45) is 5.92 Å². The van der Waals surface area contributed by atoms with Gasteiger partial charge in [-0.15, -0.1) is 0 Å². The van der Waals surface area contributed by atoms with Gasteiger partial charge in [0.1, 0.15) is 5.69 Å². The van der Waals surface area contributed by atoms with Crippen LogP contribution >= 0.6 is 15.9 Å². The molecule has 1 aromatic rings. The van der Waals surface area contributed by atoms with E-state index in [9.17, 15) is 10.1 Å². The fourth-order valence-electron chi connectivity index (χ4n) is 1.97. The zero-order valence-corrected chi connectivity index (χ0v) is 13.3. The van der Waals surface area contributed by atoms with Crippen LogP contribution in [0.4, 0.5) is 11.4 Å². The molecule has 0 bridgehead atoms. The SMILES string of the molecule is CCC(C)CN(CC)c1ccc(CBr)cc1[N+](=O)[O-]. The maximum absolute atomic E-state index is 11.2. The highest BCUT2D eigenvalue weighted by molar-refractivity contribution is 9.08. The lowest BCUT2D eigenvalue weighted by Gasteiger charge is -2.26. The summed E-state index contributed by atoms with van der Waals surface area (Å²) in [5, 5.41) is 11.9. The zero-order valence-electron chi connectivity index (χ0n) is 11.7. The van der Waals surface area contributed by atoms with E-state index in [1.54, 1.807) is 6.07 Å². The van der Waals surface area contributed by atoms with Gasteiger partial charge in [0.25, 0.3) is 5.69 Å². The van der Waals surface area contributed by atoms with Crippen molar-refractivity contribution < 1.29 is 4.92 Å². The van der Waals surface area contributed by atoms with E-state index in [2.05, 4.69) is 34.7 Å². The summed E-state index contributed by atoms with van der Waals surface area (Å²) in [4.78, 5) is 13.0. The van der Waals surface area contributed by atoms with Crippen molar-refractivity contribution in [1.82, 2.24) is 0 Å². The van der Waals surface area contributed by atoms with Gasteiger partial charge < -0.3 is 4.90 Å². The van der Waals surface area contributed by atoms with Gasteiger partial charge in [0.2, 0.25) is 0 Å². The number of anilines is 1. The van der Waals surface area contributed by atoms with E-state index in [1.165, 1.54) is 0 Å². The summed E-state index contributed by atoms with van der Waals surface area (Å²) < 4.78 is 0. The Balaban J connectivity index is 3.11. The minimum atomic E-state index is -0.291. The lowest BCUT2D eigenvalue weighted by atomic mass is 10.1. The van der Waals surface area contributed by atoms with Gasteiger partial charge in [-0.25, -0.2) is 0 Å². The Kier molecular flexibility index (Phi) is 6.28. The summed E-state index contributed by atoms with van der Waals surface area (Å²) in [6.07, 6.45) is 1.07. The number of rotatable bonds is 7. The summed E-state index contributed by atoms with van der Waals surface area (Å²) >= 11 is 3.33. The second-order valence-electron chi connectivity index (χ2n) is 4.77. The summed E-state index contributed by atoms with van der Waals surface area (Å²) in [6.45, 7) is 7.97. The molecule has 0 aliphatic rings. The molecule has 106 valence electrons. The molecule has 0 spiro atoms. The van der Waals surface area contributed by atoms with Crippen LogP contribution in [0, 0.1) is 16.0 Å². The van der Waals surface area contributed by atoms with Crippen molar-refractivity contribution >= 4 is 27.3 Å². The standard InChI is InChI=1S/C14H21BrN2O2/c1-4-11(3)10-16(5-2)13-7-6-12(9-15)8-14(13)17(18)19/h6-8,11H,4-5,9-10H2,1-3H3.